The second kappa shape index (κ2) is 7.55. The molecule has 2 saturated heterocycles. The Kier molecular flexibility index (Phi) is 4.69. The van der Waals surface area contributed by atoms with Gasteiger partial charge in [-0.25, -0.2) is 9.78 Å². The molecule has 2 aromatic rings. The fourth-order valence-electron chi connectivity index (χ4n) is 5.89. The number of aromatic nitrogens is 1. The molecule has 1 N–H and O–H groups in total. The third kappa shape index (κ3) is 3.27. The van der Waals surface area contributed by atoms with E-state index in [1.165, 1.54) is 0 Å². The molecule has 1 aliphatic carbocycles. The summed E-state index contributed by atoms with van der Waals surface area (Å²) < 4.78 is 5.83. The highest BCUT2D eigenvalue weighted by molar-refractivity contribution is 5.96. The number of fused-ring (bicyclic) bond motifs is 2. The van der Waals surface area contributed by atoms with Gasteiger partial charge in [0.05, 0.1) is 17.5 Å². The lowest BCUT2D eigenvalue weighted by molar-refractivity contribution is -0.134. The minimum atomic E-state index is -0.721. The average molecular weight is 461 g/mol. The Morgan fingerprint density at radius 3 is 2.68 bits per heavy atom. The minimum absolute atomic E-state index is 0.0103. The van der Waals surface area contributed by atoms with Crippen molar-refractivity contribution in [1.29, 1.82) is 0 Å². The zero-order chi connectivity index (χ0) is 23.5. The number of hydrogen-bond donors (Lipinski definition) is 1. The van der Waals surface area contributed by atoms with Crippen LogP contribution in [0.25, 0.3) is 0 Å². The number of hydrogen-bond acceptors (Lipinski definition) is 6. The fourth-order valence-corrected chi connectivity index (χ4v) is 5.89. The Hall–Kier alpha value is -3.42. The second-order valence-electron chi connectivity index (χ2n) is 10.0. The Morgan fingerprint density at radius 2 is 1.94 bits per heavy atom. The van der Waals surface area contributed by atoms with Crippen molar-refractivity contribution in [3.05, 3.63) is 59.3 Å². The highest BCUT2D eigenvalue weighted by atomic mass is 16.6. The summed E-state index contributed by atoms with van der Waals surface area (Å²) in [4.78, 5) is 46.1. The van der Waals surface area contributed by atoms with E-state index in [2.05, 4.69) is 15.2 Å². The highest BCUT2D eigenvalue weighted by Crippen LogP contribution is 2.52. The number of likely N-dealkylation sites (tertiary alicyclic amines) is 1. The van der Waals surface area contributed by atoms with Gasteiger partial charge in [-0.2, -0.15) is 0 Å². The lowest BCUT2D eigenvalue weighted by Crippen LogP contribution is -2.40. The fraction of sp³-hybridized carbons (Fsp3) is 0.462. The summed E-state index contributed by atoms with van der Waals surface area (Å²) in [5.41, 5.74) is 1.21. The molecule has 1 aromatic heterocycles. The Morgan fingerprint density at radius 1 is 1.12 bits per heavy atom. The molecule has 0 radical (unpaired) electrons. The molecule has 6 rings (SSSR count). The highest BCUT2D eigenvalue weighted by Gasteiger charge is 2.57. The van der Waals surface area contributed by atoms with Gasteiger partial charge in [-0.15, -0.1) is 0 Å². The quantitative estimate of drug-likeness (QED) is 0.703. The summed E-state index contributed by atoms with van der Waals surface area (Å²) in [6.07, 6.45) is 4.97. The second-order valence-corrected chi connectivity index (χ2v) is 10.0. The predicted octanol–water partition coefficient (Wildman–Crippen LogP) is 2.13. The number of ether oxygens (including phenoxy) is 1. The number of rotatable bonds is 4. The van der Waals surface area contributed by atoms with Gasteiger partial charge in [-0.3, -0.25) is 9.59 Å². The molecule has 34 heavy (non-hydrogen) atoms. The van der Waals surface area contributed by atoms with E-state index in [1.807, 2.05) is 41.4 Å². The van der Waals surface area contributed by atoms with Gasteiger partial charge >= 0.3 is 5.97 Å². The average Bonchev–Trinajstić information content (AvgIpc) is 3.19. The zero-order valence-electron chi connectivity index (χ0n) is 19.3. The summed E-state index contributed by atoms with van der Waals surface area (Å²) in [5.74, 6) is 0.665. The van der Waals surface area contributed by atoms with Gasteiger partial charge < -0.3 is 19.9 Å². The van der Waals surface area contributed by atoms with Gasteiger partial charge in [0.1, 0.15) is 5.82 Å². The van der Waals surface area contributed by atoms with E-state index in [0.717, 1.165) is 49.3 Å². The largest absolute Gasteiger partial charge is 0.449 e. The molecule has 8 heteroatoms. The lowest BCUT2D eigenvalue weighted by atomic mass is 9.91. The molecule has 1 saturated carbocycles. The third-order valence-corrected chi connectivity index (χ3v) is 7.82. The maximum Gasteiger partial charge on any atom is 0.339 e. The summed E-state index contributed by atoms with van der Waals surface area (Å²) in [6, 6.07) is 11.7. The van der Waals surface area contributed by atoms with Gasteiger partial charge in [0.25, 0.3) is 0 Å². The first-order valence-corrected chi connectivity index (χ1v) is 12.0. The lowest BCUT2D eigenvalue weighted by Gasteiger charge is -2.27. The van der Waals surface area contributed by atoms with Crippen molar-refractivity contribution >= 4 is 23.6 Å². The molecule has 176 valence electrons. The van der Waals surface area contributed by atoms with Gasteiger partial charge in [0.15, 0.2) is 5.60 Å². The van der Waals surface area contributed by atoms with E-state index < -0.39 is 11.0 Å². The van der Waals surface area contributed by atoms with Crippen LogP contribution in [0.2, 0.25) is 0 Å². The number of nitrogens with one attached hydrogen (secondary N) is 1. The molecule has 8 nitrogen and oxygen atoms in total. The number of carbonyl (C=O) groups is 3. The summed E-state index contributed by atoms with van der Waals surface area (Å²) >= 11 is 0. The molecule has 2 unspecified atom stereocenters. The molecular weight excluding hydrogens is 432 g/mol. The van der Waals surface area contributed by atoms with Crippen molar-refractivity contribution in [3.8, 4) is 0 Å². The van der Waals surface area contributed by atoms with Crippen molar-refractivity contribution in [2.75, 3.05) is 31.1 Å². The van der Waals surface area contributed by atoms with Crippen molar-refractivity contribution in [2.24, 2.45) is 0 Å². The number of carbonyl (C=O) groups excluding carboxylic acids is 3. The van der Waals surface area contributed by atoms with Crippen LogP contribution in [0.3, 0.4) is 0 Å². The van der Waals surface area contributed by atoms with Gasteiger partial charge in [-0.1, -0.05) is 24.3 Å². The number of pyridine rings is 1. The van der Waals surface area contributed by atoms with E-state index in [1.54, 1.807) is 13.0 Å². The van der Waals surface area contributed by atoms with Crippen molar-refractivity contribution in [2.45, 2.75) is 49.7 Å². The first-order chi connectivity index (χ1) is 16.4. The molecule has 3 aliphatic heterocycles. The van der Waals surface area contributed by atoms with Crippen LogP contribution in [-0.4, -0.2) is 59.9 Å². The van der Waals surface area contributed by atoms with Crippen molar-refractivity contribution in [3.63, 3.8) is 0 Å². The zero-order valence-corrected chi connectivity index (χ0v) is 19.3. The van der Waals surface area contributed by atoms with Gasteiger partial charge in [-0.05, 0) is 37.0 Å². The minimum Gasteiger partial charge on any atom is -0.449 e. The maximum absolute atomic E-state index is 13.7. The molecular formula is C26H28N4O4. The topological polar surface area (TPSA) is 91.8 Å². The summed E-state index contributed by atoms with van der Waals surface area (Å²) in [5, 5.41) is 2.97. The SMILES string of the molecule is CC(=O)NC1CCN(c2ccc(C3(C(=O)N4CCC5(C4)OC(=O)c4ccccc45)CC3)cn2)C1. The number of anilines is 1. The number of nitrogens with zero attached hydrogens (tertiary/aromatic N) is 3. The molecule has 1 aromatic carbocycles. The van der Waals surface area contributed by atoms with E-state index in [-0.39, 0.29) is 23.8 Å². The van der Waals surface area contributed by atoms with Crippen LogP contribution in [0.1, 0.15) is 54.1 Å². The van der Waals surface area contributed by atoms with E-state index in [9.17, 15) is 14.4 Å². The molecule has 2 amide bonds. The monoisotopic (exact) mass is 460 g/mol. The van der Waals surface area contributed by atoms with Crippen LogP contribution in [-0.2, 0) is 25.3 Å². The van der Waals surface area contributed by atoms with Crippen LogP contribution >= 0.6 is 0 Å². The first-order valence-electron chi connectivity index (χ1n) is 12.0. The smallest absolute Gasteiger partial charge is 0.339 e. The third-order valence-electron chi connectivity index (χ3n) is 7.82. The first kappa shape index (κ1) is 21.1. The Labute approximate surface area is 198 Å². The van der Waals surface area contributed by atoms with Crippen molar-refractivity contribution < 1.29 is 19.1 Å². The summed E-state index contributed by atoms with van der Waals surface area (Å²) in [7, 11) is 0. The van der Waals surface area contributed by atoms with E-state index >= 15 is 0 Å². The molecule has 0 bridgehead atoms. The van der Waals surface area contributed by atoms with Crippen molar-refractivity contribution in [1.82, 2.24) is 15.2 Å². The number of amides is 2. The Balaban J connectivity index is 1.16. The molecule has 4 aliphatic rings. The van der Waals surface area contributed by atoms with E-state index in [4.69, 9.17) is 4.74 Å². The predicted molar refractivity (Wildman–Crippen MR) is 124 cm³/mol. The normalized spacial score (nSPS) is 26.5. The van der Waals surface area contributed by atoms with Crippen LogP contribution < -0.4 is 10.2 Å². The van der Waals surface area contributed by atoms with Crippen LogP contribution in [0.15, 0.2) is 42.6 Å². The van der Waals surface area contributed by atoms with Crippen LogP contribution in [0.4, 0.5) is 5.82 Å². The maximum atomic E-state index is 13.7. The molecule has 2 atom stereocenters. The van der Waals surface area contributed by atoms with E-state index in [0.29, 0.717) is 25.1 Å². The standard InChI is InChI=1S/C26H28N4O4/c1-17(31)28-19-8-12-29(15-19)22-7-6-18(14-27-22)25(9-10-25)24(33)30-13-11-26(16-30)21-5-3-2-4-20(21)23(32)34-26/h2-7,14,19H,8-13,15-16H2,1H3,(H,28,31). The number of esters is 1. The molecule has 1 spiro atoms. The molecule has 3 fully saturated rings. The van der Waals surface area contributed by atoms with Crippen LogP contribution in [0, 0.1) is 0 Å². The number of benzene rings is 1. The summed E-state index contributed by atoms with van der Waals surface area (Å²) in [6.45, 7) is 4.11. The Bertz CT molecular complexity index is 1180. The van der Waals surface area contributed by atoms with Crippen LogP contribution in [0.5, 0.6) is 0 Å². The molecule has 4 heterocycles. The van der Waals surface area contributed by atoms with Gasteiger partial charge in [0.2, 0.25) is 11.8 Å². The van der Waals surface area contributed by atoms with Gasteiger partial charge in [0, 0.05) is 50.8 Å².